The van der Waals surface area contributed by atoms with Crippen molar-refractivity contribution in [3.05, 3.63) is 113 Å². The Morgan fingerprint density at radius 1 is 0.806 bits per heavy atom. The van der Waals surface area contributed by atoms with E-state index < -0.39 is 0 Å². The van der Waals surface area contributed by atoms with Gasteiger partial charge in [-0.1, -0.05) is 84.9 Å². The SMILES string of the molecule is COC(=O)[C@@H]1[C@H](c2ccc3ccccc3c2)c2c(C)cccc2N[C@@H]1c1ccccc1. The smallest absolute Gasteiger partial charge is 0.312 e. The van der Waals surface area contributed by atoms with E-state index in [4.69, 9.17) is 4.74 Å². The van der Waals surface area contributed by atoms with Crippen molar-refractivity contribution in [2.24, 2.45) is 5.92 Å². The molecule has 0 aromatic heterocycles. The van der Waals surface area contributed by atoms with Gasteiger partial charge in [-0.3, -0.25) is 4.79 Å². The number of hydrogen-bond acceptors (Lipinski definition) is 3. The van der Waals surface area contributed by atoms with Gasteiger partial charge in [0, 0.05) is 11.6 Å². The monoisotopic (exact) mass is 407 g/mol. The number of ether oxygens (including phenoxy) is 1. The molecule has 0 bridgehead atoms. The van der Waals surface area contributed by atoms with Gasteiger partial charge >= 0.3 is 5.97 Å². The lowest BCUT2D eigenvalue weighted by Gasteiger charge is -2.40. The van der Waals surface area contributed by atoms with Crippen LogP contribution >= 0.6 is 0 Å². The predicted molar refractivity (Wildman–Crippen MR) is 125 cm³/mol. The van der Waals surface area contributed by atoms with E-state index in [0.717, 1.165) is 16.8 Å². The van der Waals surface area contributed by atoms with Gasteiger partial charge < -0.3 is 10.1 Å². The zero-order valence-electron chi connectivity index (χ0n) is 17.7. The van der Waals surface area contributed by atoms with Crippen LogP contribution in [0, 0.1) is 12.8 Å². The number of rotatable bonds is 3. The summed E-state index contributed by atoms with van der Waals surface area (Å²) >= 11 is 0. The van der Waals surface area contributed by atoms with Crippen LogP contribution in [0.4, 0.5) is 5.69 Å². The number of anilines is 1. The molecule has 0 spiro atoms. The van der Waals surface area contributed by atoms with Crippen molar-refractivity contribution >= 4 is 22.4 Å². The fraction of sp³-hybridized carbons (Fsp3) is 0.179. The van der Waals surface area contributed by atoms with Crippen LogP contribution in [-0.4, -0.2) is 13.1 Å². The van der Waals surface area contributed by atoms with Crippen molar-refractivity contribution in [2.75, 3.05) is 12.4 Å². The fourth-order valence-electron chi connectivity index (χ4n) is 4.98. The number of hydrogen-bond donors (Lipinski definition) is 1. The molecule has 0 unspecified atom stereocenters. The lowest BCUT2D eigenvalue weighted by atomic mass is 9.70. The van der Waals surface area contributed by atoms with Crippen LogP contribution in [0.25, 0.3) is 10.8 Å². The zero-order valence-corrected chi connectivity index (χ0v) is 17.7. The molecule has 0 amide bonds. The second-order valence-corrected chi connectivity index (χ2v) is 8.20. The molecule has 1 N–H and O–H groups in total. The fourth-order valence-corrected chi connectivity index (χ4v) is 4.98. The molecule has 1 heterocycles. The maximum Gasteiger partial charge on any atom is 0.312 e. The highest BCUT2D eigenvalue weighted by atomic mass is 16.5. The largest absolute Gasteiger partial charge is 0.469 e. The minimum Gasteiger partial charge on any atom is -0.469 e. The third-order valence-electron chi connectivity index (χ3n) is 6.43. The quantitative estimate of drug-likeness (QED) is 0.409. The van der Waals surface area contributed by atoms with Crippen molar-refractivity contribution < 1.29 is 9.53 Å². The Balaban J connectivity index is 1.76. The van der Waals surface area contributed by atoms with Gasteiger partial charge in [0.2, 0.25) is 0 Å². The Morgan fingerprint density at radius 2 is 1.55 bits per heavy atom. The lowest BCUT2D eigenvalue weighted by molar-refractivity contribution is -0.146. The van der Waals surface area contributed by atoms with Crippen LogP contribution in [0.3, 0.4) is 0 Å². The summed E-state index contributed by atoms with van der Waals surface area (Å²) in [4.78, 5) is 13.3. The molecule has 0 saturated heterocycles. The molecule has 4 aromatic rings. The third-order valence-corrected chi connectivity index (χ3v) is 6.43. The molecule has 3 atom stereocenters. The van der Waals surface area contributed by atoms with E-state index in [1.165, 1.54) is 29.0 Å². The van der Waals surface area contributed by atoms with Crippen molar-refractivity contribution in [2.45, 2.75) is 18.9 Å². The summed E-state index contributed by atoms with van der Waals surface area (Å²) in [5.41, 5.74) is 5.62. The summed E-state index contributed by atoms with van der Waals surface area (Å²) in [5.74, 6) is -0.699. The molecule has 1 aliphatic rings. The van der Waals surface area contributed by atoms with Gasteiger partial charge in [-0.25, -0.2) is 0 Å². The molecule has 4 aromatic carbocycles. The zero-order chi connectivity index (χ0) is 21.4. The van der Waals surface area contributed by atoms with Gasteiger partial charge in [0.15, 0.2) is 0 Å². The number of benzene rings is 4. The topological polar surface area (TPSA) is 38.3 Å². The highest BCUT2D eigenvalue weighted by molar-refractivity contribution is 5.85. The predicted octanol–water partition coefficient (Wildman–Crippen LogP) is 6.24. The summed E-state index contributed by atoms with van der Waals surface area (Å²) in [6, 6.07) is 31.2. The van der Waals surface area contributed by atoms with Crippen LogP contribution in [0.1, 0.15) is 34.2 Å². The Bertz CT molecular complexity index is 1250. The molecular formula is C28H25NO2. The number of nitrogens with one attached hydrogen (secondary N) is 1. The van der Waals surface area contributed by atoms with Gasteiger partial charge in [-0.05, 0) is 46.0 Å². The first kappa shape index (κ1) is 19.4. The van der Waals surface area contributed by atoms with E-state index in [1.807, 2.05) is 18.2 Å². The first-order chi connectivity index (χ1) is 15.2. The maximum absolute atomic E-state index is 13.3. The van der Waals surface area contributed by atoms with Crippen LogP contribution in [0.15, 0.2) is 91.0 Å². The van der Waals surface area contributed by atoms with Crippen molar-refractivity contribution in [1.29, 1.82) is 0 Å². The second kappa shape index (κ2) is 7.92. The molecule has 0 fully saturated rings. The summed E-state index contributed by atoms with van der Waals surface area (Å²) in [6.07, 6.45) is 0. The van der Waals surface area contributed by atoms with Crippen molar-refractivity contribution in [3.8, 4) is 0 Å². The van der Waals surface area contributed by atoms with E-state index >= 15 is 0 Å². The molecule has 31 heavy (non-hydrogen) atoms. The van der Waals surface area contributed by atoms with Crippen molar-refractivity contribution in [1.82, 2.24) is 0 Å². The molecule has 0 saturated carbocycles. The number of fused-ring (bicyclic) bond motifs is 2. The van der Waals surface area contributed by atoms with E-state index in [1.54, 1.807) is 0 Å². The standard InChI is InChI=1S/C28H25NO2/c1-18-9-8-14-23-24(18)25(22-16-15-19-10-6-7-13-21(19)17-22)26(28(30)31-2)27(29-23)20-11-4-3-5-12-20/h3-17,25-27,29H,1-2H3/t25-,26-,27-/m1/s1. The Hall–Kier alpha value is -3.59. The molecule has 5 rings (SSSR count). The average Bonchev–Trinajstić information content (AvgIpc) is 2.83. The number of carbonyl (C=O) groups is 1. The number of methoxy groups -OCH3 is 1. The van der Waals surface area contributed by atoms with Crippen LogP contribution in [0.5, 0.6) is 0 Å². The highest BCUT2D eigenvalue weighted by Gasteiger charge is 2.44. The Labute approximate surface area is 182 Å². The molecular weight excluding hydrogens is 382 g/mol. The normalized spacial score (nSPS) is 20.0. The molecule has 3 heteroatoms. The Morgan fingerprint density at radius 3 is 2.32 bits per heavy atom. The van der Waals surface area contributed by atoms with Gasteiger partial charge in [0.05, 0.1) is 19.1 Å². The van der Waals surface area contributed by atoms with E-state index in [2.05, 4.69) is 85.0 Å². The maximum atomic E-state index is 13.3. The number of aryl methyl sites for hydroxylation is 1. The van der Waals surface area contributed by atoms with Crippen LogP contribution in [0.2, 0.25) is 0 Å². The summed E-state index contributed by atoms with van der Waals surface area (Å²) in [5, 5.41) is 6.02. The number of carbonyl (C=O) groups excluding carboxylic acids is 1. The Kier molecular flexibility index (Phi) is 4.95. The molecule has 1 aliphatic heterocycles. The molecule has 3 nitrogen and oxygen atoms in total. The van der Waals surface area contributed by atoms with Gasteiger partial charge in [0.25, 0.3) is 0 Å². The van der Waals surface area contributed by atoms with Gasteiger partial charge in [-0.15, -0.1) is 0 Å². The average molecular weight is 408 g/mol. The molecule has 0 aliphatic carbocycles. The first-order valence-electron chi connectivity index (χ1n) is 10.6. The van der Waals surface area contributed by atoms with E-state index in [9.17, 15) is 4.79 Å². The number of esters is 1. The van der Waals surface area contributed by atoms with Crippen LogP contribution in [-0.2, 0) is 9.53 Å². The summed E-state index contributed by atoms with van der Waals surface area (Å²) in [6.45, 7) is 2.12. The van der Waals surface area contributed by atoms with E-state index in [0.29, 0.717) is 0 Å². The van der Waals surface area contributed by atoms with Crippen molar-refractivity contribution in [3.63, 3.8) is 0 Å². The first-order valence-corrected chi connectivity index (χ1v) is 10.6. The summed E-state index contributed by atoms with van der Waals surface area (Å²) < 4.78 is 5.36. The minimum absolute atomic E-state index is 0.111. The molecule has 0 radical (unpaired) electrons. The molecule has 154 valence electrons. The highest BCUT2D eigenvalue weighted by Crippen LogP contribution is 2.49. The summed E-state index contributed by atoms with van der Waals surface area (Å²) in [7, 11) is 1.48. The van der Waals surface area contributed by atoms with Gasteiger partial charge in [0.1, 0.15) is 0 Å². The van der Waals surface area contributed by atoms with E-state index in [-0.39, 0.29) is 23.8 Å². The second-order valence-electron chi connectivity index (χ2n) is 8.20. The van der Waals surface area contributed by atoms with Gasteiger partial charge in [-0.2, -0.15) is 0 Å². The lowest BCUT2D eigenvalue weighted by Crippen LogP contribution is -2.38. The third kappa shape index (κ3) is 3.36. The van der Waals surface area contributed by atoms with Crippen LogP contribution < -0.4 is 5.32 Å². The minimum atomic E-state index is -0.387.